The summed E-state index contributed by atoms with van der Waals surface area (Å²) in [5.74, 6) is -1.07. The maximum atomic E-state index is 14.0. The van der Waals surface area contributed by atoms with Gasteiger partial charge in [-0.2, -0.15) is 18.3 Å². The Balaban J connectivity index is 1.67. The van der Waals surface area contributed by atoms with Crippen molar-refractivity contribution in [3.8, 4) is 11.4 Å². The zero-order valence-corrected chi connectivity index (χ0v) is 17.5. The van der Waals surface area contributed by atoms with Crippen LogP contribution in [0.25, 0.3) is 5.69 Å². The number of carbonyl (C=O) groups excluding carboxylic acids is 1. The Morgan fingerprint density at radius 1 is 1.12 bits per heavy atom. The molecule has 1 amide bonds. The van der Waals surface area contributed by atoms with E-state index in [4.69, 9.17) is 4.74 Å². The Labute approximate surface area is 183 Å². The summed E-state index contributed by atoms with van der Waals surface area (Å²) in [5, 5.41) is 6.10. The lowest BCUT2D eigenvalue weighted by atomic mass is 10.1. The summed E-state index contributed by atoms with van der Waals surface area (Å²) in [4.78, 5) is 12.5. The molecule has 3 rings (SSSR count). The van der Waals surface area contributed by atoms with E-state index < -0.39 is 29.2 Å². The van der Waals surface area contributed by atoms with Crippen LogP contribution in [0.3, 0.4) is 0 Å². The molecule has 2 aromatic carbocycles. The van der Waals surface area contributed by atoms with E-state index in [1.165, 1.54) is 12.1 Å². The van der Waals surface area contributed by atoms with E-state index in [-0.39, 0.29) is 12.2 Å². The molecular formula is C23H23F4N3O2. The monoisotopic (exact) mass is 449 g/mol. The van der Waals surface area contributed by atoms with Crippen LogP contribution in [-0.2, 0) is 12.6 Å². The molecule has 0 aliphatic carbocycles. The zero-order chi connectivity index (χ0) is 23.1. The third-order valence-electron chi connectivity index (χ3n) is 4.75. The summed E-state index contributed by atoms with van der Waals surface area (Å²) >= 11 is 0. The van der Waals surface area contributed by atoms with Crippen molar-refractivity contribution in [2.45, 2.75) is 32.4 Å². The van der Waals surface area contributed by atoms with Crippen molar-refractivity contribution in [2.75, 3.05) is 13.2 Å². The Hall–Kier alpha value is -3.36. The first-order valence-corrected chi connectivity index (χ1v) is 10.2. The molecule has 0 spiro atoms. The van der Waals surface area contributed by atoms with Gasteiger partial charge in [0.1, 0.15) is 17.3 Å². The van der Waals surface area contributed by atoms with Crippen molar-refractivity contribution in [1.82, 2.24) is 15.1 Å². The SMILES string of the molecule is CCCCOc1ccc(CCNC(=O)c2cnn(-c3ccccc3F)c2C(F)(F)F)cc1. The molecule has 1 aromatic heterocycles. The first-order chi connectivity index (χ1) is 15.3. The maximum absolute atomic E-state index is 14.0. The van der Waals surface area contributed by atoms with Crippen LogP contribution in [0.1, 0.15) is 41.4 Å². The number of carbonyl (C=O) groups is 1. The molecule has 0 saturated carbocycles. The number of amides is 1. The van der Waals surface area contributed by atoms with E-state index in [0.29, 0.717) is 17.7 Å². The van der Waals surface area contributed by atoms with Crippen molar-refractivity contribution in [3.63, 3.8) is 0 Å². The van der Waals surface area contributed by atoms with E-state index in [0.717, 1.165) is 42.5 Å². The van der Waals surface area contributed by atoms with E-state index in [2.05, 4.69) is 17.3 Å². The highest BCUT2D eigenvalue weighted by Crippen LogP contribution is 2.34. The summed E-state index contributed by atoms with van der Waals surface area (Å²) < 4.78 is 61.1. The van der Waals surface area contributed by atoms with Gasteiger partial charge in [0.25, 0.3) is 5.91 Å². The summed E-state index contributed by atoms with van der Waals surface area (Å²) in [6.45, 7) is 2.83. The molecule has 0 fully saturated rings. The molecule has 1 heterocycles. The molecule has 0 atom stereocenters. The second-order valence-electron chi connectivity index (χ2n) is 7.12. The summed E-state index contributed by atoms with van der Waals surface area (Å²) in [6.07, 6.45) is -1.69. The molecule has 170 valence electrons. The predicted molar refractivity (Wildman–Crippen MR) is 111 cm³/mol. The minimum Gasteiger partial charge on any atom is -0.494 e. The number of hydrogen-bond acceptors (Lipinski definition) is 3. The van der Waals surface area contributed by atoms with E-state index in [1.807, 2.05) is 24.3 Å². The van der Waals surface area contributed by atoms with E-state index >= 15 is 0 Å². The zero-order valence-electron chi connectivity index (χ0n) is 17.5. The third kappa shape index (κ3) is 5.66. The van der Waals surface area contributed by atoms with Crippen LogP contribution in [0.2, 0.25) is 0 Å². The lowest BCUT2D eigenvalue weighted by Gasteiger charge is -2.13. The van der Waals surface area contributed by atoms with Gasteiger partial charge in [0, 0.05) is 6.54 Å². The normalized spacial score (nSPS) is 11.4. The van der Waals surface area contributed by atoms with Crippen molar-refractivity contribution in [1.29, 1.82) is 0 Å². The first kappa shape index (κ1) is 23.3. The van der Waals surface area contributed by atoms with Gasteiger partial charge in [-0.1, -0.05) is 37.6 Å². The van der Waals surface area contributed by atoms with Crippen LogP contribution in [0, 0.1) is 5.82 Å². The first-order valence-electron chi connectivity index (χ1n) is 10.2. The lowest BCUT2D eigenvalue weighted by molar-refractivity contribution is -0.143. The number of ether oxygens (including phenoxy) is 1. The quantitative estimate of drug-likeness (QED) is 0.362. The molecule has 0 saturated heterocycles. The van der Waals surface area contributed by atoms with Gasteiger partial charge >= 0.3 is 6.18 Å². The van der Waals surface area contributed by atoms with Crippen molar-refractivity contribution in [2.24, 2.45) is 0 Å². The number of hydrogen-bond donors (Lipinski definition) is 1. The highest BCUT2D eigenvalue weighted by atomic mass is 19.4. The van der Waals surface area contributed by atoms with Crippen LogP contribution >= 0.6 is 0 Å². The molecule has 0 aliphatic heterocycles. The minimum absolute atomic E-state index is 0.122. The Morgan fingerprint density at radius 2 is 1.84 bits per heavy atom. The standard InChI is InChI=1S/C23H23F4N3O2/c1-2-3-14-32-17-10-8-16(9-11-17)12-13-28-22(31)18-15-29-30(21(18)23(25,26)27)20-7-5-4-6-19(20)24/h4-11,15H,2-3,12-14H2,1H3,(H,28,31). The van der Waals surface area contributed by atoms with Crippen molar-refractivity contribution < 1.29 is 27.1 Å². The molecule has 0 bridgehead atoms. The van der Waals surface area contributed by atoms with Crippen molar-refractivity contribution in [3.05, 3.63) is 77.4 Å². The van der Waals surface area contributed by atoms with E-state index in [9.17, 15) is 22.4 Å². The second-order valence-corrected chi connectivity index (χ2v) is 7.12. The largest absolute Gasteiger partial charge is 0.494 e. The third-order valence-corrected chi connectivity index (χ3v) is 4.75. The highest BCUT2D eigenvalue weighted by Gasteiger charge is 2.40. The molecule has 5 nitrogen and oxygen atoms in total. The minimum atomic E-state index is -4.90. The van der Waals surface area contributed by atoms with Gasteiger partial charge < -0.3 is 10.1 Å². The summed E-state index contributed by atoms with van der Waals surface area (Å²) in [5.41, 5.74) is -1.49. The molecule has 1 N–H and O–H groups in total. The topological polar surface area (TPSA) is 56.1 Å². The van der Waals surface area contributed by atoms with Crippen LogP contribution in [0.15, 0.2) is 54.7 Å². The van der Waals surface area contributed by atoms with Crippen LogP contribution in [0.5, 0.6) is 5.75 Å². The molecule has 0 radical (unpaired) electrons. The number of unbranched alkanes of at least 4 members (excludes halogenated alkanes) is 1. The van der Waals surface area contributed by atoms with Crippen LogP contribution in [0.4, 0.5) is 17.6 Å². The second kappa shape index (κ2) is 10.3. The molecule has 9 heteroatoms. The molecule has 0 aliphatic rings. The van der Waals surface area contributed by atoms with Gasteiger partial charge in [-0.05, 0) is 42.7 Å². The molecule has 0 unspecified atom stereocenters. The number of rotatable bonds is 9. The predicted octanol–water partition coefficient (Wildman–Crippen LogP) is 5.18. The maximum Gasteiger partial charge on any atom is 0.434 e. The number of alkyl halides is 3. The number of halogens is 4. The van der Waals surface area contributed by atoms with Gasteiger partial charge in [-0.25, -0.2) is 9.07 Å². The van der Waals surface area contributed by atoms with Crippen LogP contribution < -0.4 is 10.1 Å². The molecular weight excluding hydrogens is 426 g/mol. The number of nitrogens with zero attached hydrogens (tertiary/aromatic N) is 2. The molecule has 3 aromatic rings. The number of benzene rings is 2. The fourth-order valence-corrected chi connectivity index (χ4v) is 3.10. The van der Waals surface area contributed by atoms with Gasteiger partial charge in [0.15, 0.2) is 5.69 Å². The lowest BCUT2D eigenvalue weighted by Crippen LogP contribution is -2.28. The van der Waals surface area contributed by atoms with Crippen LogP contribution in [-0.4, -0.2) is 28.8 Å². The number of nitrogens with one attached hydrogen (secondary N) is 1. The number of aromatic nitrogens is 2. The smallest absolute Gasteiger partial charge is 0.434 e. The van der Waals surface area contributed by atoms with Gasteiger partial charge in [0.2, 0.25) is 0 Å². The summed E-state index contributed by atoms with van der Waals surface area (Å²) in [7, 11) is 0. The van der Waals surface area contributed by atoms with Gasteiger partial charge in [0.05, 0.1) is 18.4 Å². The average molecular weight is 449 g/mol. The fourth-order valence-electron chi connectivity index (χ4n) is 3.10. The number of para-hydroxylation sites is 1. The highest BCUT2D eigenvalue weighted by molar-refractivity contribution is 5.95. The van der Waals surface area contributed by atoms with Crippen molar-refractivity contribution >= 4 is 5.91 Å². The molecule has 32 heavy (non-hydrogen) atoms. The Bertz CT molecular complexity index is 1050. The Morgan fingerprint density at radius 3 is 2.50 bits per heavy atom. The average Bonchev–Trinajstić information content (AvgIpc) is 3.21. The van der Waals surface area contributed by atoms with E-state index in [1.54, 1.807) is 0 Å². The summed E-state index contributed by atoms with van der Waals surface area (Å²) in [6, 6.07) is 12.2. The fraction of sp³-hybridized carbons (Fsp3) is 0.304. The van der Waals surface area contributed by atoms with Gasteiger partial charge in [-0.15, -0.1) is 0 Å². The van der Waals surface area contributed by atoms with Gasteiger partial charge in [-0.3, -0.25) is 4.79 Å². The Kier molecular flexibility index (Phi) is 7.50.